The summed E-state index contributed by atoms with van der Waals surface area (Å²) in [7, 11) is 3.22. The quantitative estimate of drug-likeness (QED) is 0.467. The Bertz CT molecular complexity index is 1350. The van der Waals surface area contributed by atoms with Gasteiger partial charge in [0.1, 0.15) is 5.75 Å². The number of benzene rings is 1. The molecule has 30 heavy (non-hydrogen) atoms. The van der Waals surface area contributed by atoms with Gasteiger partial charge in [0.05, 0.1) is 42.1 Å². The van der Waals surface area contributed by atoms with Crippen molar-refractivity contribution in [2.45, 2.75) is 18.6 Å². The molecular weight excluding hydrogens is 389 g/mol. The minimum atomic E-state index is -0.585. The molecule has 0 bridgehead atoms. The molecule has 1 aliphatic rings. The van der Waals surface area contributed by atoms with E-state index in [1.165, 1.54) is 27.5 Å². The van der Waals surface area contributed by atoms with E-state index in [1.54, 1.807) is 20.4 Å². The van der Waals surface area contributed by atoms with E-state index < -0.39 is 11.5 Å². The molecule has 0 radical (unpaired) electrons. The molecule has 0 amide bonds. The SMILES string of the molecule is COc1cc2ncc3c(c2cc1C1CC(N)NN1)n(-c1ncccc1F)c(=O)n3C. The Morgan fingerprint density at radius 3 is 2.83 bits per heavy atom. The summed E-state index contributed by atoms with van der Waals surface area (Å²) in [4.78, 5) is 21.6. The Hall–Kier alpha value is -3.34. The lowest BCUT2D eigenvalue weighted by Crippen LogP contribution is -2.36. The Balaban J connectivity index is 1.88. The number of nitrogens with one attached hydrogen (secondary N) is 2. The number of hydrogen-bond donors (Lipinski definition) is 3. The van der Waals surface area contributed by atoms with Gasteiger partial charge in [0, 0.05) is 30.3 Å². The largest absolute Gasteiger partial charge is 0.496 e. The van der Waals surface area contributed by atoms with E-state index in [0.29, 0.717) is 34.1 Å². The molecule has 2 atom stereocenters. The monoisotopic (exact) mass is 409 g/mol. The first-order valence-electron chi connectivity index (χ1n) is 9.45. The van der Waals surface area contributed by atoms with Crippen LogP contribution < -0.4 is 27.0 Å². The molecule has 4 N–H and O–H groups in total. The zero-order chi connectivity index (χ0) is 21.0. The molecule has 2 unspecified atom stereocenters. The number of rotatable bonds is 3. The summed E-state index contributed by atoms with van der Waals surface area (Å²) in [5.41, 5.74) is 14.3. The fourth-order valence-corrected chi connectivity index (χ4v) is 4.01. The van der Waals surface area contributed by atoms with Gasteiger partial charge in [-0.3, -0.25) is 9.55 Å². The molecule has 0 spiro atoms. The van der Waals surface area contributed by atoms with Gasteiger partial charge in [-0.1, -0.05) is 0 Å². The Morgan fingerprint density at radius 1 is 1.30 bits per heavy atom. The van der Waals surface area contributed by atoms with Crippen LogP contribution in [0, 0.1) is 5.82 Å². The molecular formula is C20H20FN7O2. The number of nitrogens with zero attached hydrogens (tertiary/aromatic N) is 4. The molecule has 0 saturated carbocycles. The number of ether oxygens (including phenoxy) is 1. The van der Waals surface area contributed by atoms with Crippen molar-refractivity contribution in [1.82, 2.24) is 30.0 Å². The minimum Gasteiger partial charge on any atom is -0.496 e. The van der Waals surface area contributed by atoms with Crippen LogP contribution in [-0.4, -0.2) is 32.4 Å². The van der Waals surface area contributed by atoms with E-state index in [9.17, 15) is 9.18 Å². The fraction of sp³-hybridized carbons (Fsp3) is 0.250. The van der Waals surface area contributed by atoms with Crippen molar-refractivity contribution in [2.24, 2.45) is 12.8 Å². The second-order valence-corrected chi connectivity index (χ2v) is 7.27. The summed E-state index contributed by atoms with van der Waals surface area (Å²) in [6.07, 6.45) is 3.52. The molecule has 0 aliphatic carbocycles. The highest BCUT2D eigenvalue weighted by Gasteiger charge is 2.27. The van der Waals surface area contributed by atoms with Crippen LogP contribution >= 0.6 is 0 Å². The number of halogens is 1. The smallest absolute Gasteiger partial charge is 0.334 e. The fourth-order valence-electron chi connectivity index (χ4n) is 4.01. The van der Waals surface area contributed by atoms with E-state index in [4.69, 9.17) is 10.5 Å². The van der Waals surface area contributed by atoms with Crippen LogP contribution in [0.4, 0.5) is 4.39 Å². The van der Waals surface area contributed by atoms with Gasteiger partial charge in [-0.25, -0.2) is 29.6 Å². The summed E-state index contributed by atoms with van der Waals surface area (Å²) < 4.78 is 22.9. The molecule has 10 heteroatoms. The first-order valence-corrected chi connectivity index (χ1v) is 9.45. The number of imidazole rings is 1. The van der Waals surface area contributed by atoms with E-state index in [2.05, 4.69) is 20.8 Å². The lowest BCUT2D eigenvalue weighted by molar-refractivity contribution is 0.402. The topological polar surface area (TPSA) is 112 Å². The van der Waals surface area contributed by atoms with Crippen molar-refractivity contribution >= 4 is 21.9 Å². The van der Waals surface area contributed by atoms with Gasteiger partial charge < -0.3 is 10.5 Å². The van der Waals surface area contributed by atoms with E-state index in [0.717, 1.165) is 5.56 Å². The number of aryl methyl sites for hydroxylation is 1. The van der Waals surface area contributed by atoms with E-state index in [-0.39, 0.29) is 18.0 Å². The van der Waals surface area contributed by atoms with E-state index >= 15 is 0 Å². The highest BCUT2D eigenvalue weighted by molar-refractivity contribution is 6.03. The molecule has 3 aromatic heterocycles. The minimum absolute atomic E-state index is 0.0550. The summed E-state index contributed by atoms with van der Waals surface area (Å²) >= 11 is 0. The van der Waals surface area contributed by atoms with Crippen LogP contribution in [-0.2, 0) is 7.05 Å². The highest BCUT2D eigenvalue weighted by Crippen LogP contribution is 2.35. The Labute approximate surface area is 170 Å². The molecule has 154 valence electrons. The maximum Gasteiger partial charge on any atom is 0.334 e. The second kappa shape index (κ2) is 6.87. The van der Waals surface area contributed by atoms with Crippen molar-refractivity contribution in [3.05, 3.63) is 58.5 Å². The van der Waals surface area contributed by atoms with Crippen LogP contribution in [0.2, 0.25) is 0 Å². The number of hydrogen-bond acceptors (Lipinski definition) is 7. The summed E-state index contributed by atoms with van der Waals surface area (Å²) in [6, 6.07) is 6.40. The van der Waals surface area contributed by atoms with Gasteiger partial charge in [-0.2, -0.15) is 0 Å². The molecule has 4 aromatic rings. The maximum atomic E-state index is 14.6. The normalized spacial score (nSPS) is 19.1. The number of pyridine rings is 2. The number of fused-ring (bicyclic) bond motifs is 3. The lowest BCUT2D eigenvalue weighted by Gasteiger charge is -2.16. The molecule has 1 saturated heterocycles. The zero-order valence-electron chi connectivity index (χ0n) is 16.4. The van der Waals surface area contributed by atoms with Gasteiger partial charge in [0.15, 0.2) is 11.6 Å². The average Bonchev–Trinajstić information content (AvgIpc) is 3.29. The summed E-state index contributed by atoms with van der Waals surface area (Å²) in [5.74, 6) is 0.00988. The van der Waals surface area contributed by atoms with Crippen LogP contribution in [0.3, 0.4) is 0 Å². The third-order valence-corrected chi connectivity index (χ3v) is 5.49. The summed E-state index contributed by atoms with van der Waals surface area (Å²) in [5, 5.41) is 0.688. The first kappa shape index (κ1) is 18.7. The van der Waals surface area contributed by atoms with Crippen molar-refractivity contribution in [3.8, 4) is 11.6 Å². The zero-order valence-corrected chi connectivity index (χ0v) is 16.4. The lowest BCUT2D eigenvalue weighted by atomic mass is 10.00. The third-order valence-electron chi connectivity index (χ3n) is 5.49. The van der Waals surface area contributed by atoms with Crippen molar-refractivity contribution in [3.63, 3.8) is 0 Å². The van der Waals surface area contributed by atoms with Gasteiger partial charge >= 0.3 is 5.69 Å². The Morgan fingerprint density at radius 2 is 2.13 bits per heavy atom. The van der Waals surface area contributed by atoms with Gasteiger partial charge in [0.2, 0.25) is 0 Å². The van der Waals surface area contributed by atoms with Crippen LogP contribution in [0.15, 0.2) is 41.5 Å². The highest BCUT2D eigenvalue weighted by atomic mass is 19.1. The Kier molecular flexibility index (Phi) is 4.28. The van der Waals surface area contributed by atoms with Gasteiger partial charge in [-0.05, 0) is 24.6 Å². The second-order valence-electron chi connectivity index (χ2n) is 7.27. The van der Waals surface area contributed by atoms with E-state index in [1.807, 2.05) is 12.1 Å². The summed E-state index contributed by atoms with van der Waals surface area (Å²) in [6.45, 7) is 0. The number of aromatic nitrogens is 4. The molecule has 1 aromatic carbocycles. The molecule has 4 heterocycles. The molecule has 1 fully saturated rings. The van der Waals surface area contributed by atoms with Gasteiger partial charge in [0.25, 0.3) is 0 Å². The maximum absolute atomic E-state index is 14.6. The van der Waals surface area contributed by atoms with Crippen LogP contribution in [0.5, 0.6) is 5.75 Å². The van der Waals surface area contributed by atoms with Crippen molar-refractivity contribution in [2.75, 3.05) is 7.11 Å². The standard InChI is InChI=1S/C20H20FN7O2/c1-27-15-9-24-13-7-16(30-2)10(14-8-17(22)26-25-14)6-11(13)18(15)28(20(27)29)19-12(21)4-3-5-23-19/h3-7,9,14,17,25-26H,8,22H2,1-2H3. The van der Waals surface area contributed by atoms with Crippen LogP contribution in [0.1, 0.15) is 18.0 Å². The average molecular weight is 409 g/mol. The third kappa shape index (κ3) is 2.69. The van der Waals surface area contributed by atoms with Crippen molar-refractivity contribution in [1.29, 1.82) is 0 Å². The van der Waals surface area contributed by atoms with Crippen LogP contribution in [0.25, 0.3) is 27.8 Å². The van der Waals surface area contributed by atoms with Gasteiger partial charge in [-0.15, -0.1) is 0 Å². The number of nitrogens with two attached hydrogens (primary N) is 1. The molecule has 5 rings (SSSR count). The predicted molar refractivity (Wildman–Crippen MR) is 110 cm³/mol. The number of hydrazine groups is 1. The molecule has 1 aliphatic heterocycles. The molecule has 9 nitrogen and oxygen atoms in total. The first-order chi connectivity index (χ1) is 14.5. The van der Waals surface area contributed by atoms with Crippen molar-refractivity contribution < 1.29 is 9.13 Å². The predicted octanol–water partition coefficient (Wildman–Crippen LogP) is 1.24. The number of methoxy groups -OCH3 is 1.